The van der Waals surface area contributed by atoms with Crippen LogP contribution in [-0.4, -0.2) is 0 Å². The van der Waals surface area contributed by atoms with Crippen molar-refractivity contribution in [3.05, 3.63) is 55.7 Å². The van der Waals surface area contributed by atoms with Gasteiger partial charge in [0, 0.05) is 22.5 Å². The second-order valence-electron chi connectivity index (χ2n) is 4.52. The molecule has 1 atom stereocenters. The molecular weight excluding hydrogens is 285 g/mol. The molecule has 4 heteroatoms. The lowest BCUT2D eigenvalue weighted by Gasteiger charge is -2.13. The van der Waals surface area contributed by atoms with E-state index < -0.39 is 0 Å². The zero-order chi connectivity index (χ0) is 12.5. The van der Waals surface area contributed by atoms with Crippen molar-refractivity contribution in [2.24, 2.45) is 0 Å². The largest absolute Gasteiger partial charge is 0.305 e. The maximum absolute atomic E-state index is 6.01. The molecular formula is C14H13Cl2NS. The summed E-state index contributed by atoms with van der Waals surface area (Å²) in [6, 6.07) is 10.7. The summed E-state index contributed by atoms with van der Waals surface area (Å²) < 4.78 is 0.852. The van der Waals surface area contributed by atoms with Gasteiger partial charge in [-0.15, -0.1) is 11.3 Å². The van der Waals surface area contributed by atoms with Crippen LogP contribution in [0.3, 0.4) is 0 Å². The molecule has 2 aromatic rings. The summed E-state index contributed by atoms with van der Waals surface area (Å²) in [7, 11) is 0. The van der Waals surface area contributed by atoms with Crippen LogP contribution < -0.4 is 5.32 Å². The standard InChI is InChI=1S/C14H13Cl2NS/c15-10-2-4-12-9(7-10)1-5-13(12)17-8-11-3-6-14(16)18-11/h2-4,6-7,13,17H,1,5,8H2. The molecule has 3 rings (SSSR count). The van der Waals surface area contributed by atoms with Gasteiger partial charge in [-0.25, -0.2) is 0 Å². The Morgan fingerprint density at radius 3 is 2.89 bits per heavy atom. The van der Waals surface area contributed by atoms with Crippen LogP contribution in [0.15, 0.2) is 30.3 Å². The summed E-state index contributed by atoms with van der Waals surface area (Å²) in [5.41, 5.74) is 2.77. The van der Waals surface area contributed by atoms with Crippen molar-refractivity contribution in [1.82, 2.24) is 5.32 Å². The van der Waals surface area contributed by atoms with E-state index in [0.717, 1.165) is 28.7 Å². The highest BCUT2D eigenvalue weighted by Gasteiger charge is 2.21. The van der Waals surface area contributed by atoms with E-state index >= 15 is 0 Å². The van der Waals surface area contributed by atoms with E-state index in [1.165, 1.54) is 16.0 Å². The van der Waals surface area contributed by atoms with E-state index in [4.69, 9.17) is 23.2 Å². The Hall–Kier alpha value is -0.540. The first-order valence-electron chi connectivity index (χ1n) is 5.98. The van der Waals surface area contributed by atoms with E-state index in [1.54, 1.807) is 11.3 Å². The van der Waals surface area contributed by atoms with Crippen LogP contribution >= 0.6 is 34.5 Å². The molecule has 94 valence electrons. The monoisotopic (exact) mass is 297 g/mol. The van der Waals surface area contributed by atoms with Crippen molar-refractivity contribution in [3.63, 3.8) is 0 Å². The Morgan fingerprint density at radius 2 is 2.11 bits per heavy atom. The zero-order valence-electron chi connectivity index (χ0n) is 9.75. The number of halogens is 2. The Labute approximate surface area is 121 Å². The first kappa shape index (κ1) is 12.5. The predicted octanol–water partition coefficient (Wildman–Crippen LogP) is 4.83. The van der Waals surface area contributed by atoms with Crippen molar-refractivity contribution in [2.45, 2.75) is 25.4 Å². The van der Waals surface area contributed by atoms with Crippen LogP contribution in [0.5, 0.6) is 0 Å². The molecule has 1 unspecified atom stereocenters. The molecule has 1 nitrogen and oxygen atoms in total. The smallest absolute Gasteiger partial charge is 0.0931 e. The number of hydrogen-bond acceptors (Lipinski definition) is 2. The number of thiophene rings is 1. The van der Waals surface area contributed by atoms with Crippen LogP contribution in [0.25, 0.3) is 0 Å². The minimum Gasteiger partial charge on any atom is -0.305 e. The third-order valence-electron chi connectivity index (χ3n) is 3.33. The lowest BCUT2D eigenvalue weighted by Crippen LogP contribution is -2.17. The molecule has 0 spiro atoms. The van der Waals surface area contributed by atoms with Crippen LogP contribution in [0, 0.1) is 0 Å². The van der Waals surface area contributed by atoms with Gasteiger partial charge in [-0.3, -0.25) is 0 Å². The van der Waals surface area contributed by atoms with Gasteiger partial charge in [0.25, 0.3) is 0 Å². The molecule has 1 N–H and O–H groups in total. The summed E-state index contributed by atoms with van der Waals surface area (Å²) in [6.45, 7) is 0.879. The average Bonchev–Trinajstić information content (AvgIpc) is 2.92. The molecule has 1 aromatic heterocycles. The second-order valence-corrected chi connectivity index (χ2v) is 6.76. The van der Waals surface area contributed by atoms with Crippen molar-refractivity contribution >= 4 is 34.5 Å². The van der Waals surface area contributed by atoms with Gasteiger partial charge in [-0.1, -0.05) is 29.3 Å². The molecule has 0 radical (unpaired) electrons. The van der Waals surface area contributed by atoms with E-state index in [9.17, 15) is 0 Å². The molecule has 1 aromatic carbocycles. The van der Waals surface area contributed by atoms with E-state index in [0.29, 0.717) is 6.04 Å². The Morgan fingerprint density at radius 1 is 1.22 bits per heavy atom. The van der Waals surface area contributed by atoms with Crippen LogP contribution in [0.1, 0.15) is 28.5 Å². The molecule has 0 bridgehead atoms. The van der Waals surface area contributed by atoms with Crippen LogP contribution in [-0.2, 0) is 13.0 Å². The summed E-state index contributed by atoms with van der Waals surface area (Å²) in [5.74, 6) is 0. The quantitative estimate of drug-likeness (QED) is 0.855. The molecule has 1 aliphatic carbocycles. The second kappa shape index (κ2) is 5.22. The third kappa shape index (κ3) is 2.57. The molecule has 0 saturated carbocycles. The molecule has 0 aliphatic heterocycles. The minimum absolute atomic E-state index is 0.443. The Bertz CT molecular complexity index is 565. The number of fused-ring (bicyclic) bond motifs is 1. The predicted molar refractivity (Wildman–Crippen MR) is 78.7 cm³/mol. The van der Waals surface area contributed by atoms with Crippen molar-refractivity contribution in [3.8, 4) is 0 Å². The van der Waals surface area contributed by atoms with Gasteiger partial charge in [0.1, 0.15) is 0 Å². The topological polar surface area (TPSA) is 12.0 Å². The van der Waals surface area contributed by atoms with Crippen LogP contribution in [0.4, 0.5) is 0 Å². The molecule has 0 amide bonds. The maximum atomic E-state index is 6.01. The fraction of sp³-hybridized carbons (Fsp3) is 0.286. The molecule has 0 saturated heterocycles. The zero-order valence-corrected chi connectivity index (χ0v) is 12.1. The van der Waals surface area contributed by atoms with Gasteiger partial charge in [0.15, 0.2) is 0 Å². The highest BCUT2D eigenvalue weighted by Crippen LogP contribution is 2.33. The summed E-state index contributed by atoms with van der Waals surface area (Å²) in [4.78, 5) is 1.28. The van der Waals surface area contributed by atoms with Gasteiger partial charge in [-0.2, -0.15) is 0 Å². The summed E-state index contributed by atoms with van der Waals surface area (Å²) in [5, 5.41) is 4.43. The molecule has 18 heavy (non-hydrogen) atoms. The van der Waals surface area contributed by atoms with Crippen LogP contribution in [0.2, 0.25) is 9.36 Å². The van der Waals surface area contributed by atoms with Gasteiger partial charge < -0.3 is 5.32 Å². The minimum atomic E-state index is 0.443. The highest BCUT2D eigenvalue weighted by molar-refractivity contribution is 7.16. The number of benzene rings is 1. The fourth-order valence-electron chi connectivity index (χ4n) is 2.47. The third-order valence-corrected chi connectivity index (χ3v) is 4.80. The van der Waals surface area contributed by atoms with Gasteiger partial charge >= 0.3 is 0 Å². The normalized spacial score (nSPS) is 18.0. The van der Waals surface area contributed by atoms with Gasteiger partial charge in [0.05, 0.1) is 4.34 Å². The van der Waals surface area contributed by atoms with E-state index in [2.05, 4.69) is 23.5 Å². The van der Waals surface area contributed by atoms with Crippen molar-refractivity contribution < 1.29 is 0 Å². The van der Waals surface area contributed by atoms with Crippen molar-refractivity contribution in [2.75, 3.05) is 0 Å². The Kier molecular flexibility index (Phi) is 3.62. The highest BCUT2D eigenvalue weighted by atomic mass is 35.5. The lowest BCUT2D eigenvalue weighted by atomic mass is 10.1. The lowest BCUT2D eigenvalue weighted by molar-refractivity contribution is 0.533. The average molecular weight is 298 g/mol. The first-order valence-corrected chi connectivity index (χ1v) is 7.55. The van der Waals surface area contributed by atoms with E-state index in [-0.39, 0.29) is 0 Å². The fourth-order valence-corrected chi connectivity index (χ4v) is 3.70. The van der Waals surface area contributed by atoms with Gasteiger partial charge in [-0.05, 0) is 48.2 Å². The number of aryl methyl sites for hydroxylation is 1. The number of rotatable bonds is 3. The molecule has 1 heterocycles. The SMILES string of the molecule is Clc1ccc2c(c1)CCC2NCc1ccc(Cl)s1. The maximum Gasteiger partial charge on any atom is 0.0931 e. The molecule has 0 fully saturated rings. The first-order chi connectivity index (χ1) is 8.72. The van der Waals surface area contributed by atoms with E-state index in [1.807, 2.05) is 12.1 Å². The summed E-state index contributed by atoms with van der Waals surface area (Å²) >= 11 is 13.6. The van der Waals surface area contributed by atoms with Crippen molar-refractivity contribution in [1.29, 1.82) is 0 Å². The molecule has 1 aliphatic rings. The summed E-state index contributed by atoms with van der Waals surface area (Å²) in [6.07, 6.45) is 2.26. The number of hydrogen-bond donors (Lipinski definition) is 1. The van der Waals surface area contributed by atoms with Gasteiger partial charge in [0.2, 0.25) is 0 Å². The number of nitrogens with one attached hydrogen (secondary N) is 1. The Balaban J connectivity index is 1.69.